The van der Waals surface area contributed by atoms with Gasteiger partial charge in [-0.1, -0.05) is 173 Å². The number of anilines is 5. The van der Waals surface area contributed by atoms with E-state index in [4.69, 9.17) is 4.42 Å². The van der Waals surface area contributed by atoms with Crippen LogP contribution < -0.4 is 20.6 Å². The molecule has 17 rings (SSSR count). The monoisotopic (exact) mass is 974 g/mol. The number of hydrogen-bond acceptors (Lipinski definition) is 4. The molecule has 5 heteroatoms. The Morgan fingerprint density at radius 1 is 0.413 bits per heavy atom. The van der Waals surface area contributed by atoms with Gasteiger partial charge in [-0.15, -0.1) is 11.3 Å². The van der Waals surface area contributed by atoms with Crippen molar-refractivity contribution in [2.45, 2.75) is 38.5 Å². The lowest BCUT2D eigenvalue weighted by Gasteiger charge is -2.46. The molecular formula is C70H47BN2OS. The average molecular weight is 975 g/mol. The largest absolute Gasteiger partial charge is 0.456 e. The first-order valence-corrected chi connectivity index (χ1v) is 27.2. The van der Waals surface area contributed by atoms with Gasteiger partial charge >= 0.3 is 6.85 Å². The fraction of sp³-hybridized carbons (Fsp3) is 0.0857. The zero-order valence-electron chi connectivity index (χ0n) is 42.0. The highest BCUT2D eigenvalue weighted by Crippen LogP contribution is 2.57. The van der Waals surface area contributed by atoms with Crippen LogP contribution in [-0.2, 0) is 10.8 Å². The smallest absolute Gasteiger partial charge is 0.333 e. The molecule has 0 amide bonds. The van der Waals surface area contributed by atoms with E-state index in [1.165, 1.54) is 126 Å². The first-order chi connectivity index (χ1) is 36.7. The Bertz CT molecular complexity index is 4680. The van der Waals surface area contributed by atoms with Gasteiger partial charge in [0.15, 0.2) is 0 Å². The van der Waals surface area contributed by atoms with Crippen LogP contribution in [0.1, 0.15) is 49.9 Å². The summed E-state index contributed by atoms with van der Waals surface area (Å²) in [6, 6.07) is 80.4. The fourth-order valence-electron chi connectivity index (χ4n) is 14.2. The van der Waals surface area contributed by atoms with E-state index in [9.17, 15) is 0 Å². The minimum absolute atomic E-state index is 0.120. The lowest BCUT2D eigenvalue weighted by molar-refractivity contribution is 0.660. The maximum Gasteiger partial charge on any atom is 0.333 e. The summed E-state index contributed by atoms with van der Waals surface area (Å²) in [5.41, 5.74) is 25.6. The van der Waals surface area contributed by atoms with Gasteiger partial charge in [0, 0.05) is 71.5 Å². The summed E-state index contributed by atoms with van der Waals surface area (Å²) in [6.45, 7) is 9.41. The zero-order chi connectivity index (χ0) is 49.6. The van der Waals surface area contributed by atoms with Crippen LogP contribution in [0.25, 0.3) is 97.4 Å². The fourth-order valence-corrected chi connectivity index (χ4v) is 15.4. The Morgan fingerprint density at radius 3 is 1.80 bits per heavy atom. The van der Waals surface area contributed by atoms with Crippen LogP contribution in [0.5, 0.6) is 0 Å². The molecule has 13 aromatic rings. The standard InChI is InChI=1S/C70H47BN2OS/c1-69(2)56-23-13-10-20-46(56)49-34-45(30-31-58(49)69)72-62-37-50-47-21-11-14-24-57(47)70(3,4)59(50)38-60(62)71-66-54(36-55-48-22-12-15-25-65(48)75-68(55)67(66)72)51-35-53-52-32-42-18-8-9-19-43(42)33-63(52)74-64(53)39-61(51)73(71)44-28-26-41(27-29-44)40-16-6-5-7-17-40/h5-39H,1-4H3. The van der Waals surface area contributed by atoms with Gasteiger partial charge in [-0.2, -0.15) is 0 Å². The predicted octanol–water partition coefficient (Wildman–Crippen LogP) is 18.1. The van der Waals surface area contributed by atoms with Gasteiger partial charge in [0.05, 0.1) is 10.4 Å². The SMILES string of the molecule is CC1(C)c2ccccc2-c2cc(N3c4cc5c(cc4B4c6c(cc7c(sc8ccccc87)c63)-c3cc6c(cc3N4c3ccc(-c4ccccc4)cc3)oc3cc4ccccc4cc36)C(C)(C)c3ccccc3-5)ccc21. The van der Waals surface area contributed by atoms with E-state index in [0.29, 0.717) is 0 Å². The van der Waals surface area contributed by atoms with Crippen molar-refractivity contribution < 1.29 is 4.42 Å². The minimum atomic E-state index is -0.216. The van der Waals surface area contributed by atoms with Crippen LogP contribution in [0.4, 0.5) is 28.4 Å². The predicted molar refractivity (Wildman–Crippen MR) is 318 cm³/mol. The Labute approximate surface area is 439 Å². The van der Waals surface area contributed by atoms with Gasteiger partial charge in [0.2, 0.25) is 0 Å². The van der Waals surface area contributed by atoms with E-state index in [1.54, 1.807) is 0 Å². The van der Waals surface area contributed by atoms with Crippen molar-refractivity contribution in [1.29, 1.82) is 0 Å². The van der Waals surface area contributed by atoms with E-state index >= 15 is 0 Å². The molecule has 0 fully saturated rings. The number of nitrogens with zero attached hydrogens (tertiary/aromatic N) is 2. The van der Waals surface area contributed by atoms with E-state index in [2.05, 4.69) is 250 Å². The highest BCUT2D eigenvalue weighted by molar-refractivity contribution is 7.26. The average Bonchev–Trinajstić information content (AvgIpc) is 4.15. The van der Waals surface area contributed by atoms with E-state index in [-0.39, 0.29) is 17.7 Å². The van der Waals surface area contributed by atoms with Gasteiger partial charge in [-0.3, -0.25) is 0 Å². The molecule has 0 saturated carbocycles. The zero-order valence-corrected chi connectivity index (χ0v) is 42.8. The molecule has 0 spiro atoms. The quantitative estimate of drug-likeness (QED) is 0.165. The highest BCUT2D eigenvalue weighted by Gasteiger charge is 2.49. The van der Waals surface area contributed by atoms with Crippen LogP contribution in [0, 0.1) is 0 Å². The van der Waals surface area contributed by atoms with Crippen molar-refractivity contribution in [3.05, 3.63) is 235 Å². The van der Waals surface area contributed by atoms with Gasteiger partial charge in [0.1, 0.15) is 11.2 Å². The molecule has 2 aliphatic heterocycles. The highest BCUT2D eigenvalue weighted by atomic mass is 32.1. The number of rotatable bonds is 3. The Kier molecular flexibility index (Phi) is 8.12. The summed E-state index contributed by atoms with van der Waals surface area (Å²) in [5.74, 6) is 0. The van der Waals surface area contributed by atoms with Gasteiger partial charge in [-0.05, 0) is 144 Å². The summed E-state index contributed by atoms with van der Waals surface area (Å²) in [6.07, 6.45) is 0. The summed E-state index contributed by atoms with van der Waals surface area (Å²) < 4.78 is 9.60. The Balaban J connectivity index is 1.03. The number of thiophene rings is 1. The van der Waals surface area contributed by atoms with Crippen molar-refractivity contribution in [2.24, 2.45) is 0 Å². The molecule has 0 unspecified atom stereocenters. The second kappa shape index (κ2) is 14.6. The van der Waals surface area contributed by atoms with Crippen LogP contribution in [0.15, 0.2) is 217 Å². The maximum atomic E-state index is 7.01. The Hall–Kier alpha value is -8.64. The summed E-state index contributed by atoms with van der Waals surface area (Å²) in [5, 5.41) is 7.21. The molecular weight excluding hydrogens is 928 g/mol. The number of fused-ring (bicyclic) bond motifs is 18. The molecule has 0 radical (unpaired) electrons. The van der Waals surface area contributed by atoms with Crippen molar-refractivity contribution in [2.75, 3.05) is 9.71 Å². The van der Waals surface area contributed by atoms with Crippen molar-refractivity contribution >= 4 is 110 Å². The first kappa shape index (κ1) is 41.8. The van der Waals surface area contributed by atoms with Gasteiger partial charge in [0.25, 0.3) is 0 Å². The minimum Gasteiger partial charge on any atom is -0.456 e. The molecule has 0 bridgehead atoms. The normalized spacial score (nSPS) is 15.1. The number of furan rings is 1. The molecule has 0 atom stereocenters. The summed E-state index contributed by atoms with van der Waals surface area (Å²) in [4.78, 5) is 5.35. The molecule has 75 heavy (non-hydrogen) atoms. The van der Waals surface area contributed by atoms with Gasteiger partial charge < -0.3 is 14.1 Å². The third kappa shape index (κ3) is 5.50. The topological polar surface area (TPSA) is 19.6 Å². The van der Waals surface area contributed by atoms with E-state index in [0.717, 1.165) is 33.3 Å². The van der Waals surface area contributed by atoms with Crippen molar-refractivity contribution in [1.82, 2.24) is 0 Å². The maximum absolute atomic E-state index is 7.01. The lowest BCUT2D eigenvalue weighted by atomic mass is 9.43. The van der Waals surface area contributed by atoms with Crippen LogP contribution >= 0.6 is 11.3 Å². The van der Waals surface area contributed by atoms with Gasteiger partial charge in [-0.25, -0.2) is 0 Å². The third-order valence-electron chi connectivity index (χ3n) is 17.8. The molecule has 352 valence electrons. The molecule has 4 heterocycles. The van der Waals surface area contributed by atoms with Crippen LogP contribution in [0.2, 0.25) is 0 Å². The molecule has 4 aliphatic rings. The van der Waals surface area contributed by atoms with Crippen LogP contribution in [0.3, 0.4) is 0 Å². The molecule has 11 aromatic carbocycles. The molecule has 0 saturated heterocycles. The molecule has 2 aromatic heterocycles. The van der Waals surface area contributed by atoms with Crippen molar-refractivity contribution in [3.63, 3.8) is 0 Å². The molecule has 2 aliphatic carbocycles. The number of benzene rings is 11. The second-order valence-corrected chi connectivity index (χ2v) is 23.4. The number of hydrogen-bond donors (Lipinski definition) is 0. The summed E-state index contributed by atoms with van der Waals surface area (Å²) in [7, 11) is 0. The third-order valence-corrected chi connectivity index (χ3v) is 19.0. The lowest BCUT2D eigenvalue weighted by Crippen LogP contribution is -2.61. The van der Waals surface area contributed by atoms with Crippen LogP contribution in [-0.4, -0.2) is 6.85 Å². The van der Waals surface area contributed by atoms with Crippen molar-refractivity contribution in [3.8, 4) is 44.5 Å². The second-order valence-electron chi connectivity index (χ2n) is 22.4. The molecule has 0 N–H and O–H groups in total. The van der Waals surface area contributed by atoms with E-state index < -0.39 is 0 Å². The summed E-state index contributed by atoms with van der Waals surface area (Å²) >= 11 is 1.93. The first-order valence-electron chi connectivity index (χ1n) is 26.3. The molecule has 3 nitrogen and oxygen atoms in total. The van der Waals surface area contributed by atoms with E-state index in [1.807, 2.05) is 11.3 Å². The Morgan fingerprint density at radius 2 is 1.01 bits per heavy atom.